The molecule has 0 N–H and O–H groups in total. The predicted octanol–water partition coefficient (Wildman–Crippen LogP) is 4.49. The third-order valence-corrected chi connectivity index (χ3v) is 6.82. The van der Waals surface area contributed by atoms with Crippen molar-refractivity contribution in [3.63, 3.8) is 0 Å². The number of fused-ring (bicyclic) bond motifs is 1. The standard InChI is InChI=1S/C24H33N3O5S/c1-28-10-6-9-26(13-16-7-8-16)22-23(32-5)25-27-18(15-33-24(22)27)21-19(30-3)11-17(14-29-2)12-20(21)31-4/h11-12,15-16H,6-10,13-14H2,1-5H3. The molecule has 33 heavy (non-hydrogen) atoms. The summed E-state index contributed by atoms with van der Waals surface area (Å²) in [4.78, 5) is 3.46. The molecule has 1 aliphatic rings. The van der Waals surface area contributed by atoms with Crippen LogP contribution in [0, 0.1) is 5.92 Å². The van der Waals surface area contributed by atoms with E-state index in [1.807, 2.05) is 16.6 Å². The summed E-state index contributed by atoms with van der Waals surface area (Å²) in [5, 5.41) is 6.95. The fourth-order valence-electron chi connectivity index (χ4n) is 4.15. The van der Waals surface area contributed by atoms with Gasteiger partial charge in [0, 0.05) is 39.3 Å². The molecule has 0 unspecified atom stereocenters. The number of methoxy groups -OCH3 is 5. The summed E-state index contributed by atoms with van der Waals surface area (Å²) >= 11 is 1.65. The number of hydrogen-bond acceptors (Lipinski definition) is 8. The topological polar surface area (TPSA) is 66.7 Å². The smallest absolute Gasteiger partial charge is 0.258 e. The van der Waals surface area contributed by atoms with E-state index in [4.69, 9.17) is 28.8 Å². The first-order chi connectivity index (χ1) is 16.1. The lowest BCUT2D eigenvalue weighted by molar-refractivity contribution is 0.184. The van der Waals surface area contributed by atoms with Crippen molar-refractivity contribution in [1.82, 2.24) is 9.61 Å². The molecule has 1 fully saturated rings. The van der Waals surface area contributed by atoms with Crippen molar-refractivity contribution in [1.29, 1.82) is 0 Å². The zero-order valence-corrected chi connectivity index (χ0v) is 20.9. The van der Waals surface area contributed by atoms with Crippen LogP contribution in [0.2, 0.25) is 0 Å². The Bertz CT molecular complexity index is 1050. The molecule has 4 rings (SSSR count). The van der Waals surface area contributed by atoms with Gasteiger partial charge in [0.25, 0.3) is 5.88 Å². The average molecular weight is 476 g/mol. The maximum Gasteiger partial charge on any atom is 0.258 e. The van der Waals surface area contributed by atoms with Crippen LogP contribution in [-0.4, -0.2) is 64.9 Å². The third-order valence-electron chi connectivity index (χ3n) is 5.89. The molecule has 0 radical (unpaired) electrons. The van der Waals surface area contributed by atoms with Crippen molar-refractivity contribution in [2.45, 2.75) is 25.9 Å². The molecular formula is C24H33N3O5S. The molecule has 8 nitrogen and oxygen atoms in total. The van der Waals surface area contributed by atoms with Crippen molar-refractivity contribution in [3.05, 3.63) is 23.1 Å². The molecule has 1 saturated carbocycles. The summed E-state index contributed by atoms with van der Waals surface area (Å²) in [6, 6.07) is 3.97. The number of thiazole rings is 1. The highest BCUT2D eigenvalue weighted by molar-refractivity contribution is 7.16. The second kappa shape index (κ2) is 10.6. The third kappa shape index (κ3) is 4.90. The largest absolute Gasteiger partial charge is 0.496 e. The van der Waals surface area contributed by atoms with E-state index in [2.05, 4.69) is 10.3 Å². The van der Waals surface area contributed by atoms with Gasteiger partial charge < -0.3 is 28.6 Å². The lowest BCUT2D eigenvalue weighted by Crippen LogP contribution is -2.27. The van der Waals surface area contributed by atoms with Crippen molar-refractivity contribution in [2.24, 2.45) is 5.92 Å². The Morgan fingerprint density at radius 1 is 1.03 bits per heavy atom. The van der Waals surface area contributed by atoms with E-state index < -0.39 is 0 Å². The summed E-state index contributed by atoms with van der Waals surface area (Å²) in [5.74, 6) is 2.80. The van der Waals surface area contributed by atoms with E-state index in [-0.39, 0.29) is 0 Å². The molecule has 0 bridgehead atoms. The molecule has 0 spiro atoms. The molecule has 0 atom stereocenters. The van der Waals surface area contributed by atoms with Gasteiger partial charge in [-0.2, -0.15) is 0 Å². The summed E-state index contributed by atoms with van der Waals surface area (Å²) in [5.41, 5.74) is 3.79. The summed E-state index contributed by atoms with van der Waals surface area (Å²) in [6.45, 7) is 3.11. The molecule has 9 heteroatoms. The normalized spacial score (nSPS) is 13.5. The van der Waals surface area contributed by atoms with Crippen LogP contribution >= 0.6 is 11.3 Å². The summed E-state index contributed by atoms with van der Waals surface area (Å²) in [7, 11) is 8.43. The summed E-state index contributed by atoms with van der Waals surface area (Å²) < 4.78 is 29.8. The molecule has 0 saturated heterocycles. The van der Waals surface area contributed by atoms with Gasteiger partial charge in [0.15, 0.2) is 0 Å². The maximum atomic E-state index is 5.76. The zero-order valence-electron chi connectivity index (χ0n) is 20.1. The van der Waals surface area contributed by atoms with E-state index in [1.165, 1.54) is 12.8 Å². The highest BCUT2D eigenvalue weighted by atomic mass is 32.1. The summed E-state index contributed by atoms with van der Waals surface area (Å²) in [6.07, 6.45) is 3.52. The number of benzene rings is 1. The van der Waals surface area contributed by atoms with Crippen LogP contribution in [0.25, 0.3) is 16.1 Å². The number of rotatable bonds is 13. The van der Waals surface area contributed by atoms with E-state index in [1.54, 1.807) is 46.9 Å². The first-order valence-corrected chi connectivity index (χ1v) is 12.0. The van der Waals surface area contributed by atoms with Gasteiger partial charge in [0.1, 0.15) is 22.0 Å². The van der Waals surface area contributed by atoms with E-state index >= 15 is 0 Å². The predicted molar refractivity (Wildman–Crippen MR) is 130 cm³/mol. The van der Waals surface area contributed by atoms with Gasteiger partial charge in [0.05, 0.1) is 39.2 Å². The minimum atomic E-state index is 0.476. The average Bonchev–Trinajstić information content (AvgIpc) is 3.44. The first-order valence-electron chi connectivity index (χ1n) is 11.2. The molecule has 1 aromatic carbocycles. The molecule has 180 valence electrons. The van der Waals surface area contributed by atoms with Gasteiger partial charge in [-0.3, -0.25) is 0 Å². The van der Waals surface area contributed by atoms with Gasteiger partial charge >= 0.3 is 0 Å². The minimum Gasteiger partial charge on any atom is -0.496 e. The molecule has 3 aromatic rings. The van der Waals surface area contributed by atoms with Crippen LogP contribution in [0.5, 0.6) is 17.4 Å². The molecule has 0 aliphatic heterocycles. The van der Waals surface area contributed by atoms with Gasteiger partial charge in [-0.1, -0.05) is 0 Å². The van der Waals surface area contributed by atoms with Crippen LogP contribution in [0.1, 0.15) is 24.8 Å². The van der Waals surface area contributed by atoms with Crippen molar-refractivity contribution in [3.8, 4) is 28.6 Å². The zero-order chi connectivity index (χ0) is 23.4. The van der Waals surface area contributed by atoms with E-state index in [0.717, 1.165) is 59.4 Å². The number of ether oxygens (including phenoxy) is 5. The lowest BCUT2D eigenvalue weighted by Gasteiger charge is -2.23. The van der Waals surface area contributed by atoms with E-state index in [9.17, 15) is 0 Å². The number of hydrogen-bond donors (Lipinski definition) is 0. The molecule has 0 amide bonds. The maximum absolute atomic E-state index is 5.76. The first kappa shape index (κ1) is 23.7. The second-order valence-electron chi connectivity index (χ2n) is 8.24. The molecular weight excluding hydrogens is 442 g/mol. The van der Waals surface area contributed by atoms with Gasteiger partial charge in [-0.05, 0) is 42.9 Å². The molecule has 1 aliphatic carbocycles. The SMILES string of the molecule is COCCCN(CC1CC1)c1c(OC)nn2c(-c3c(OC)cc(COC)cc3OC)csc12. The van der Waals surface area contributed by atoms with Crippen molar-refractivity contribution < 1.29 is 23.7 Å². The van der Waals surface area contributed by atoms with Gasteiger partial charge in [0.2, 0.25) is 0 Å². The van der Waals surface area contributed by atoms with Crippen LogP contribution < -0.4 is 19.1 Å². The molecule has 2 heterocycles. The Labute approximate surface area is 199 Å². The quantitative estimate of drug-likeness (QED) is 0.338. The number of anilines is 1. The monoisotopic (exact) mass is 475 g/mol. The number of aromatic nitrogens is 2. The Balaban J connectivity index is 1.81. The van der Waals surface area contributed by atoms with Gasteiger partial charge in [-0.25, -0.2) is 4.52 Å². The van der Waals surface area contributed by atoms with Crippen LogP contribution in [0.3, 0.4) is 0 Å². The molecule has 2 aromatic heterocycles. The van der Waals surface area contributed by atoms with Crippen LogP contribution in [0.4, 0.5) is 5.69 Å². The number of nitrogens with zero attached hydrogens (tertiary/aromatic N) is 3. The Morgan fingerprint density at radius 3 is 2.33 bits per heavy atom. The minimum absolute atomic E-state index is 0.476. The Morgan fingerprint density at radius 2 is 1.76 bits per heavy atom. The highest BCUT2D eigenvalue weighted by Gasteiger charge is 2.30. The van der Waals surface area contributed by atoms with Crippen molar-refractivity contribution >= 4 is 21.9 Å². The van der Waals surface area contributed by atoms with Gasteiger partial charge in [-0.15, -0.1) is 16.4 Å². The Hall–Kier alpha value is -2.49. The van der Waals surface area contributed by atoms with E-state index in [0.29, 0.717) is 24.0 Å². The van der Waals surface area contributed by atoms with Crippen LogP contribution in [0.15, 0.2) is 17.5 Å². The van der Waals surface area contributed by atoms with Crippen LogP contribution in [-0.2, 0) is 16.1 Å². The Kier molecular flexibility index (Phi) is 7.62. The van der Waals surface area contributed by atoms with Crippen molar-refractivity contribution in [2.75, 3.05) is 60.1 Å². The lowest BCUT2D eigenvalue weighted by atomic mass is 10.1. The fourth-order valence-corrected chi connectivity index (χ4v) is 5.16. The second-order valence-corrected chi connectivity index (χ2v) is 9.10. The highest BCUT2D eigenvalue weighted by Crippen LogP contribution is 2.45. The fraction of sp³-hybridized carbons (Fsp3) is 0.542.